The van der Waals surface area contributed by atoms with Gasteiger partial charge in [0.25, 0.3) is 0 Å². The van der Waals surface area contributed by atoms with Crippen molar-refractivity contribution in [3.63, 3.8) is 0 Å². The number of nitrogens with zero attached hydrogens (tertiary/aromatic N) is 2. The molecule has 0 aliphatic rings. The van der Waals surface area contributed by atoms with Gasteiger partial charge in [-0.05, 0) is 39.5 Å². The van der Waals surface area contributed by atoms with E-state index in [2.05, 4.69) is 74.9 Å². The second kappa shape index (κ2) is 5.27. The standard InChI is InChI=1S/C13H25BrN2Si/c1-9(2)17(10(3)4,11(5)6)16-8-13(14)12(7)15-16/h8-11H,1-7H3. The maximum atomic E-state index is 4.78. The maximum Gasteiger partial charge on any atom is 0.192 e. The van der Waals surface area contributed by atoms with Crippen LogP contribution in [0, 0.1) is 6.92 Å². The summed E-state index contributed by atoms with van der Waals surface area (Å²) in [5.74, 6) is 0. The molecule has 2 nitrogen and oxygen atoms in total. The van der Waals surface area contributed by atoms with E-state index in [1.807, 2.05) is 0 Å². The minimum absolute atomic E-state index is 0.689. The summed E-state index contributed by atoms with van der Waals surface area (Å²) < 4.78 is 3.46. The zero-order valence-electron chi connectivity index (χ0n) is 12.1. The molecule has 0 radical (unpaired) electrons. The van der Waals surface area contributed by atoms with Crippen LogP contribution in [-0.4, -0.2) is 17.7 Å². The molecule has 0 spiro atoms. The summed E-state index contributed by atoms with van der Waals surface area (Å²) in [6.45, 7) is 16.2. The smallest absolute Gasteiger partial charge is 0.192 e. The number of hydrogen-bond acceptors (Lipinski definition) is 1. The van der Waals surface area contributed by atoms with E-state index >= 15 is 0 Å². The third-order valence-electron chi connectivity index (χ3n) is 4.01. The van der Waals surface area contributed by atoms with Gasteiger partial charge >= 0.3 is 0 Å². The number of aromatic nitrogens is 2. The second-order valence-corrected chi connectivity index (χ2v) is 12.4. The van der Waals surface area contributed by atoms with Crippen molar-refractivity contribution in [3.8, 4) is 0 Å². The van der Waals surface area contributed by atoms with E-state index < -0.39 is 8.24 Å². The molecule has 0 aliphatic heterocycles. The van der Waals surface area contributed by atoms with Gasteiger partial charge in [0.05, 0.1) is 10.2 Å². The van der Waals surface area contributed by atoms with Crippen LogP contribution in [0.3, 0.4) is 0 Å². The van der Waals surface area contributed by atoms with Crippen molar-refractivity contribution in [2.45, 2.75) is 65.1 Å². The zero-order valence-corrected chi connectivity index (χ0v) is 14.7. The molecule has 0 saturated heterocycles. The third-order valence-corrected chi connectivity index (χ3v) is 11.4. The van der Waals surface area contributed by atoms with Gasteiger partial charge in [-0.15, -0.1) is 0 Å². The Bertz CT molecular complexity index is 341. The van der Waals surface area contributed by atoms with Gasteiger partial charge in [0.1, 0.15) is 0 Å². The highest BCUT2D eigenvalue weighted by molar-refractivity contribution is 9.10. The Kier molecular flexibility index (Phi) is 4.64. The highest BCUT2D eigenvalue weighted by Crippen LogP contribution is 2.42. The van der Waals surface area contributed by atoms with Crippen LogP contribution in [-0.2, 0) is 0 Å². The molecule has 0 fully saturated rings. The molecule has 0 saturated carbocycles. The van der Waals surface area contributed by atoms with Crippen LogP contribution in [0.5, 0.6) is 0 Å². The lowest BCUT2D eigenvalue weighted by molar-refractivity contribution is 0.721. The summed E-state index contributed by atoms with van der Waals surface area (Å²) in [7, 11) is -1.64. The van der Waals surface area contributed by atoms with Crippen LogP contribution in [0.2, 0.25) is 16.6 Å². The number of aryl methyl sites for hydroxylation is 1. The molecule has 1 aromatic heterocycles. The Balaban J connectivity index is 3.41. The van der Waals surface area contributed by atoms with Crippen molar-refractivity contribution in [3.05, 3.63) is 16.4 Å². The van der Waals surface area contributed by atoms with E-state index in [-0.39, 0.29) is 0 Å². The van der Waals surface area contributed by atoms with Gasteiger partial charge in [-0.25, -0.2) is 0 Å². The fourth-order valence-corrected chi connectivity index (χ4v) is 10.2. The quantitative estimate of drug-likeness (QED) is 0.716. The molecule has 1 aromatic rings. The minimum atomic E-state index is -1.64. The van der Waals surface area contributed by atoms with Crippen LogP contribution >= 0.6 is 15.9 Å². The molecule has 0 aromatic carbocycles. The first-order valence-corrected chi connectivity index (χ1v) is 9.44. The molecule has 0 bridgehead atoms. The van der Waals surface area contributed by atoms with E-state index in [1.54, 1.807) is 0 Å². The molecule has 0 amide bonds. The highest BCUT2D eigenvalue weighted by atomic mass is 79.9. The van der Waals surface area contributed by atoms with Gasteiger partial charge in [-0.1, -0.05) is 41.5 Å². The summed E-state index contributed by atoms with van der Waals surface area (Å²) in [6.07, 6.45) is 2.20. The van der Waals surface area contributed by atoms with Crippen LogP contribution < -0.4 is 0 Å². The lowest BCUT2D eigenvalue weighted by Gasteiger charge is -2.42. The Morgan fingerprint density at radius 3 is 1.71 bits per heavy atom. The number of rotatable bonds is 4. The van der Waals surface area contributed by atoms with Crippen molar-refractivity contribution in [1.29, 1.82) is 0 Å². The minimum Gasteiger partial charge on any atom is -0.299 e. The van der Waals surface area contributed by atoms with Crippen molar-refractivity contribution in [2.75, 3.05) is 0 Å². The van der Waals surface area contributed by atoms with Crippen molar-refractivity contribution in [1.82, 2.24) is 9.45 Å². The highest BCUT2D eigenvalue weighted by Gasteiger charge is 2.46. The molecular formula is C13H25BrN2Si. The normalized spacial score (nSPS) is 13.1. The SMILES string of the molecule is Cc1nn([Si](C(C)C)(C(C)C)C(C)C)cc1Br. The average molecular weight is 317 g/mol. The topological polar surface area (TPSA) is 17.8 Å². The molecule has 1 heterocycles. The van der Waals surface area contributed by atoms with Gasteiger partial charge in [-0.2, -0.15) is 5.10 Å². The Morgan fingerprint density at radius 2 is 1.47 bits per heavy atom. The molecule has 0 atom stereocenters. The van der Waals surface area contributed by atoms with Gasteiger partial charge in [0.2, 0.25) is 0 Å². The predicted molar refractivity (Wildman–Crippen MR) is 81.1 cm³/mol. The summed E-state index contributed by atoms with van der Waals surface area (Å²) in [5.41, 5.74) is 3.17. The Morgan fingerprint density at radius 1 is 1.06 bits per heavy atom. The molecule has 0 unspecified atom stereocenters. The molecule has 98 valence electrons. The van der Waals surface area contributed by atoms with E-state index in [0.717, 1.165) is 10.2 Å². The third kappa shape index (κ3) is 2.39. The number of hydrogen-bond donors (Lipinski definition) is 0. The van der Waals surface area contributed by atoms with Crippen LogP contribution in [0.4, 0.5) is 0 Å². The fourth-order valence-electron chi connectivity index (χ4n) is 3.43. The van der Waals surface area contributed by atoms with E-state index in [4.69, 9.17) is 5.10 Å². The van der Waals surface area contributed by atoms with Crippen LogP contribution in [0.15, 0.2) is 10.7 Å². The largest absolute Gasteiger partial charge is 0.299 e. The first kappa shape index (κ1) is 15.0. The Labute approximate surface area is 115 Å². The van der Waals surface area contributed by atoms with Gasteiger partial charge in [-0.3, -0.25) is 4.35 Å². The molecule has 17 heavy (non-hydrogen) atoms. The van der Waals surface area contributed by atoms with Crippen molar-refractivity contribution >= 4 is 24.2 Å². The van der Waals surface area contributed by atoms with Crippen molar-refractivity contribution < 1.29 is 0 Å². The van der Waals surface area contributed by atoms with E-state index in [9.17, 15) is 0 Å². The predicted octanol–water partition coefficient (Wildman–Crippen LogP) is 4.98. The summed E-state index contributed by atoms with van der Waals surface area (Å²) in [6, 6.07) is 0. The number of halogens is 1. The van der Waals surface area contributed by atoms with Crippen LogP contribution in [0.25, 0.3) is 0 Å². The molecule has 4 heteroatoms. The first-order chi connectivity index (χ1) is 7.74. The molecule has 0 N–H and O–H groups in total. The molecule has 0 aliphatic carbocycles. The summed E-state index contributed by atoms with van der Waals surface area (Å²) in [4.78, 5) is 0. The average Bonchev–Trinajstić information content (AvgIpc) is 2.45. The lowest BCUT2D eigenvalue weighted by atomic mass is 10.5. The van der Waals surface area contributed by atoms with Crippen LogP contribution in [0.1, 0.15) is 47.2 Å². The first-order valence-electron chi connectivity index (χ1n) is 6.46. The second-order valence-electron chi connectivity index (χ2n) is 5.86. The maximum absolute atomic E-state index is 4.78. The summed E-state index contributed by atoms with van der Waals surface area (Å²) in [5, 5.41) is 4.78. The zero-order chi connectivity index (χ0) is 13.4. The van der Waals surface area contributed by atoms with E-state index in [0.29, 0.717) is 16.6 Å². The molecular weight excluding hydrogens is 292 g/mol. The van der Waals surface area contributed by atoms with Gasteiger partial charge in [0.15, 0.2) is 8.24 Å². The summed E-state index contributed by atoms with van der Waals surface area (Å²) >= 11 is 3.59. The Hall–Kier alpha value is -0.0931. The fraction of sp³-hybridized carbons (Fsp3) is 0.769. The van der Waals surface area contributed by atoms with Gasteiger partial charge in [0, 0.05) is 6.20 Å². The molecule has 1 rings (SSSR count). The monoisotopic (exact) mass is 316 g/mol. The van der Waals surface area contributed by atoms with Crippen molar-refractivity contribution in [2.24, 2.45) is 0 Å². The van der Waals surface area contributed by atoms with Gasteiger partial charge < -0.3 is 0 Å². The lowest BCUT2D eigenvalue weighted by Crippen LogP contribution is -2.52. The van der Waals surface area contributed by atoms with E-state index in [1.165, 1.54) is 0 Å².